The van der Waals surface area contributed by atoms with E-state index >= 15 is 0 Å². The van der Waals surface area contributed by atoms with Crippen molar-refractivity contribution in [2.45, 2.75) is 25.0 Å². The molecule has 1 aliphatic carbocycles. The number of aliphatic hydroxyl groups is 1. The summed E-state index contributed by atoms with van der Waals surface area (Å²) in [5.74, 6) is 0. The molecule has 1 aliphatic rings. The highest BCUT2D eigenvalue weighted by Crippen LogP contribution is 2.20. The molecule has 1 atom stereocenters. The van der Waals surface area contributed by atoms with Crippen molar-refractivity contribution in [3.63, 3.8) is 0 Å². The quantitative estimate of drug-likeness (QED) is 0.731. The normalized spacial score (nSPS) is 19.4. The molecular weight excluding hydrogens is 172 g/mol. The Balaban J connectivity index is 1.79. The molecule has 1 aromatic heterocycles. The largest absolute Gasteiger partial charge is 0.385 e. The van der Waals surface area contributed by atoms with E-state index in [-0.39, 0.29) is 0 Å². The Labute approximate surface area is 75.5 Å². The van der Waals surface area contributed by atoms with Gasteiger partial charge in [-0.25, -0.2) is 4.98 Å². The fraction of sp³-hybridized carbons (Fsp3) is 0.625. The number of rotatable bonds is 4. The van der Waals surface area contributed by atoms with Crippen LogP contribution in [0.1, 0.15) is 24.6 Å². The monoisotopic (exact) mass is 184 g/mol. The van der Waals surface area contributed by atoms with Crippen LogP contribution in [0.2, 0.25) is 0 Å². The van der Waals surface area contributed by atoms with Crippen LogP contribution in [0.5, 0.6) is 0 Å². The number of nitrogens with one attached hydrogen (secondary N) is 1. The van der Waals surface area contributed by atoms with E-state index in [1.54, 1.807) is 5.51 Å². The van der Waals surface area contributed by atoms with Gasteiger partial charge in [-0.05, 0) is 12.8 Å². The van der Waals surface area contributed by atoms with Crippen LogP contribution in [0.25, 0.3) is 0 Å². The molecule has 0 aliphatic heterocycles. The maximum Gasteiger partial charge on any atom is 0.109 e. The number of aromatic nitrogens is 1. The van der Waals surface area contributed by atoms with Gasteiger partial charge in [0.1, 0.15) is 6.10 Å². The predicted octanol–water partition coefficient (Wildman–Crippen LogP) is 0.929. The summed E-state index contributed by atoms with van der Waals surface area (Å²) in [4.78, 5) is 4.04. The highest BCUT2D eigenvalue weighted by molar-refractivity contribution is 7.07. The van der Waals surface area contributed by atoms with Gasteiger partial charge < -0.3 is 10.4 Å². The third kappa shape index (κ3) is 2.03. The minimum atomic E-state index is -0.433. The summed E-state index contributed by atoms with van der Waals surface area (Å²) in [5.41, 5.74) is 2.53. The first-order valence-electron chi connectivity index (χ1n) is 4.16. The second kappa shape index (κ2) is 3.51. The molecule has 0 radical (unpaired) electrons. The summed E-state index contributed by atoms with van der Waals surface area (Å²) < 4.78 is 0. The molecule has 0 bridgehead atoms. The molecule has 0 aromatic carbocycles. The zero-order valence-electron chi connectivity index (χ0n) is 6.73. The fourth-order valence-electron chi connectivity index (χ4n) is 1.06. The van der Waals surface area contributed by atoms with Crippen LogP contribution in [0.3, 0.4) is 0 Å². The molecule has 66 valence electrons. The molecular formula is C8H12N2OS. The Bertz CT molecular complexity index is 233. The van der Waals surface area contributed by atoms with Crippen LogP contribution in [0.4, 0.5) is 0 Å². The number of thiazole rings is 1. The lowest BCUT2D eigenvalue weighted by molar-refractivity contribution is 0.170. The molecule has 0 spiro atoms. The van der Waals surface area contributed by atoms with Crippen LogP contribution in [0, 0.1) is 0 Å². The van der Waals surface area contributed by atoms with Gasteiger partial charge in [-0.15, -0.1) is 11.3 Å². The molecule has 1 heterocycles. The first-order chi connectivity index (χ1) is 5.86. The summed E-state index contributed by atoms with van der Waals surface area (Å²) in [7, 11) is 0. The van der Waals surface area contributed by atoms with E-state index in [1.807, 2.05) is 5.38 Å². The van der Waals surface area contributed by atoms with Gasteiger partial charge >= 0.3 is 0 Å². The number of aliphatic hydroxyl groups excluding tert-OH is 1. The zero-order chi connectivity index (χ0) is 8.39. The summed E-state index contributed by atoms with van der Waals surface area (Å²) in [5, 5.41) is 14.7. The maximum atomic E-state index is 9.57. The van der Waals surface area contributed by atoms with Crippen LogP contribution < -0.4 is 5.32 Å². The first kappa shape index (κ1) is 8.16. The predicted molar refractivity (Wildman–Crippen MR) is 48.1 cm³/mol. The van der Waals surface area contributed by atoms with Crippen molar-refractivity contribution >= 4 is 11.3 Å². The summed E-state index contributed by atoms with van der Waals surface area (Å²) in [6.07, 6.45) is 2.07. The minimum absolute atomic E-state index is 0.433. The van der Waals surface area contributed by atoms with Crippen molar-refractivity contribution in [3.05, 3.63) is 16.6 Å². The van der Waals surface area contributed by atoms with Crippen molar-refractivity contribution in [2.24, 2.45) is 0 Å². The molecule has 0 saturated heterocycles. The Morgan fingerprint density at radius 2 is 2.58 bits per heavy atom. The third-order valence-electron chi connectivity index (χ3n) is 1.97. The summed E-state index contributed by atoms with van der Waals surface area (Å²) >= 11 is 1.52. The fourth-order valence-corrected chi connectivity index (χ4v) is 1.66. The lowest BCUT2D eigenvalue weighted by Gasteiger charge is -2.07. The summed E-state index contributed by atoms with van der Waals surface area (Å²) in [6.45, 7) is 0.633. The van der Waals surface area contributed by atoms with Gasteiger partial charge in [0, 0.05) is 18.0 Å². The molecule has 1 saturated carbocycles. The van der Waals surface area contributed by atoms with Gasteiger partial charge in [0.15, 0.2) is 0 Å². The van der Waals surface area contributed by atoms with Gasteiger partial charge in [0.2, 0.25) is 0 Å². The molecule has 12 heavy (non-hydrogen) atoms. The van der Waals surface area contributed by atoms with Crippen LogP contribution in [-0.4, -0.2) is 22.7 Å². The zero-order valence-corrected chi connectivity index (χ0v) is 7.55. The van der Waals surface area contributed by atoms with E-state index < -0.39 is 6.10 Å². The van der Waals surface area contributed by atoms with E-state index in [9.17, 15) is 5.11 Å². The van der Waals surface area contributed by atoms with Gasteiger partial charge in [-0.1, -0.05) is 0 Å². The van der Waals surface area contributed by atoms with Gasteiger partial charge in [-0.3, -0.25) is 0 Å². The van der Waals surface area contributed by atoms with Crippen molar-refractivity contribution in [3.8, 4) is 0 Å². The SMILES string of the molecule is OC(CNC1CC1)c1cscn1. The number of hydrogen-bond donors (Lipinski definition) is 2. The highest BCUT2D eigenvalue weighted by Gasteiger charge is 2.21. The summed E-state index contributed by atoms with van der Waals surface area (Å²) in [6, 6.07) is 0.651. The average molecular weight is 184 g/mol. The van der Waals surface area contributed by atoms with Crippen molar-refractivity contribution < 1.29 is 5.11 Å². The van der Waals surface area contributed by atoms with E-state index in [2.05, 4.69) is 10.3 Å². The Morgan fingerprint density at radius 1 is 1.75 bits per heavy atom. The van der Waals surface area contributed by atoms with E-state index in [1.165, 1.54) is 24.2 Å². The maximum absolute atomic E-state index is 9.57. The number of hydrogen-bond acceptors (Lipinski definition) is 4. The van der Waals surface area contributed by atoms with Crippen molar-refractivity contribution in [1.82, 2.24) is 10.3 Å². The smallest absolute Gasteiger partial charge is 0.109 e. The molecule has 3 nitrogen and oxygen atoms in total. The van der Waals surface area contributed by atoms with Crippen LogP contribution >= 0.6 is 11.3 Å². The molecule has 1 unspecified atom stereocenters. The van der Waals surface area contributed by atoms with Crippen LogP contribution in [0.15, 0.2) is 10.9 Å². The average Bonchev–Trinajstić information content (AvgIpc) is 2.74. The lowest BCUT2D eigenvalue weighted by Crippen LogP contribution is -2.23. The number of nitrogens with zero attached hydrogens (tertiary/aromatic N) is 1. The highest BCUT2D eigenvalue weighted by atomic mass is 32.1. The van der Waals surface area contributed by atoms with Gasteiger partial charge in [0.25, 0.3) is 0 Å². The van der Waals surface area contributed by atoms with Crippen molar-refractivity contribution in [1.29, 1.82) is 0 Å². The molecule has 4 heteroatoms. The Kier molecular flexibility index (Phi) is 2.39. The second-order valence-corrected chi connectivity index (χ2v) is 3.83. The van der Waals surface area contributed by atoms with Gasteiger partial charge in [-0.2, -0.15) is 0 Å². The van der Waals surface area contributed by atoms with Gasteiger partial charge in [0.05, 0.1) is 11.2 Å². The molecule has 0 amide bonds. The standard InChI is InChI=1S/C8H12N2OS/c11-8(3-9-6-1-2-6)7-4-12-5-10-7/h4-6,8-9,11H,1-3H2. The lowest BCUT2D eigenvalue weighted by atomic mass is 10.3. The van der Waals surface area contributed by atoms with E-state index in [0.29, 0.717) is 12.6 Å². The molecule has 2 rings (SSSR count). The van der Waals surface area contributed by atoms with Crippen molar-refractivity contribution in [2.75, 3.05) is 6.54 Å². The minimum Gasteiger partial charge on any atom is -0.385 e. The topological polar surface area (TPSA) is 45.1 Å². The Morgan fingerprint density at radius 3 is 3.17 bits per heavy atom. The molecule has 1 aromatic rings. The third-order valence-corrected chi connectivity index (χ3v) is 2.57. The van der Waals surface area contributed by atoms with E-state index in [0.717, 1.165) is 5.69 Å². The second-order valence-electron chi connectivity index (χ2n) is 3.11. The first-order valence-corrected chi connectivity index (χ1v) is 5.10. The molecule has 2 N–H and O–H groups in total. The van der Waals surface area contributed by atoms with Crippen LogP contribution in [-0.2, 0) is 0 Å². The van der Waals surface area contributed by atoms with E-state index in [4.69, 9.17) is 0 Å². The molecule has 1 fully saturated rings. The Hall–Kier alpha value is -0.450.